The molecule has 2 saturated heterocycles. The Balaban J connectivity index is 0.000000293. The van der Waals surface area contributed by atoms with Gasteiger partial charge < -0.3 is 24.8 Å². The molecule has 3 aliphatic heterocycles. The SMILES string of the molecule is CC(=O)O[C@H](C)c1ccc2ccc(/C=C/C(C)(C)C(C)N(C)[C@H](C(=O)N[C@@H](C)C(=O)N3CCC[C@@H](C(=O)OCC(Cl)(Cl)Cl)N3)C(C)C)cc2n1.CC(C)[C@H]1C(=O)N[C@@H](C)C(=O)N2CCC[C@H](N2)C(=O)O[C@H](C)c2ccc3ccc(cc3n2)/C=C/C(C)(C)CN1C. The number of fused-ring (bicyclic) bond motifs is 5. The van der Waals surface area contributed by atoms with Crippen molar-refractivity contribution in [1.82, 2.24) is 51.3 Å². The lowest BCUT2D eigenvalue weighted by atomic mass is 9.82. The highest BCUT2D eigenvalue weighted by Crippen LogP contribution is 2.32. The third kappa shape index (κ3) is 20.1. The molecule has 4 N–H and O–H groups in total. The second kappa shape index (κ2) is 31.4. The number of rotatable bonds is 14. The second-order valence-corrected chi connectivity index (χ2v) is 28.6. The summed E-state index contributed by atoms with van der Waals surface area (Å²) >= 11 is 17.1. The smallest absolute Gasteiger partial charge is 0.325 e. The van der Waals surface area contributed by atoms with Gasteiger partial charge in [0.25, 0.3) is 11.8 Å². The predicted molar refractivity (Wildman–Crippen MR) is 353 cm³/mol. The van der Waals surface area contributed by atoms with Crippen molar-refractivity contribution in [3.63, 3.8) is 0 Å². The number of pyridine rings is 2. The highest BCUT2D eigenvalue weighted by molar-refractivity contribution is 6.67. The molecule has 20 nitrogen and oxygen atoms in total. The van der Waals surface area contributed by atoms with E-state index in [9.17, 15) is 33.6 Å². The summed E-state index contributed by atoms with van der Waals surface area (Å²) in [6.45, 7) is 27.9. The first-order valence-corrected chi connectivity index (χ1v) is 32.2. The number of hydrogen-bond acceptors (Lipinski definition) is 16. The quantitative estimate of drug-likeness (QED) is 0.0522. The molecule has 2 aromatic carbocycles. The van der Waals surface area contributed by atoms with Gasteiger partial charge in [-0.25, -0.2) is 20.8 Å². The molecule has 23 heteroatoms. The molecule has 4 amide bonds. The number of benzene rings is 2. The van der Waals surface area contributed by atoms with Gasteiger partial charge in [-0.1, -0.05) is 151 Å². The first-order valence-electron chi connectivity index (χ1n) is 31.0. The van der Waals surface area contributed by atoms with Gasteiger partial charge in [-0.2, -0.15) is 0 Å². The van der Waals surface area contributed by atoms with E-state index in [0.29, 0.717) is 56.7 Å². The van der Waals surface area contributed by atoms with Crippen LogP contribution in [-0.4, -0.2) is 158 Å². The summed E-state index contributed by atoms with van der Waals surface area (Å²) in [6, 6.07) is 15.7. The van der Waals surface area contributed by atoms with E-state index in [2.05, 4.69) is 85.3 Å². The molecule has 2 aromatic heterocycles. The number of halogens is 3. The molecule has 1 unspecified atom stereocenters. The zero-order chi connectivity index (χ0) is 66.7. The predicted octanol–water partition coefficient (Wildman–Crippen LogP) is 10.0. The van der Waals surface area contributed by atoms with Crippen molar-refractivity contribution < 1.29 is 47.8 Å². The number of likely N-dealkylation sites (N-methyl/N-ethyl adjacent to an activating group) is 2. The van der Waals surface area contributed by atoms with Gasteiger partial charge in [0.2, 0.25) is 15.6 Å². The normalized spacial score (nSPS) is 22.5. The minimum atomic E-state index is -1.74. The van der Waals surface area contributed by atoms with Crippen LogP contribution in [0.2, 0.25) is 0 Å². The molecule has 90 heavy (non-hydrogen) atoms. The first-order chi connectivity index (χ1) is 42.0. The van der Waals surface area contributed by atoms with Gasteiger partial charge in [0.15, 0.2) is 0 Å². The van der Waals surface area contributed by atoms with Crippen LogP contribution in [0, 0.1) is 22.7 Å². The number of amides is 4. The van der Waals surface area contributed by atoms with Crippen LogP contribution in [0.5, 0.6) is 0 Å². The van der Waals surface area contributed by atoms with Crippen molar-refractivity contribution in [3.8, 4) is 0 Å². The summed E-state index contributed by atoms with van der Waals surface area (Å²) in [4.78, 5) is 104. The minimum Gasteiger partial charge on any atom is -0.460 e. The maximum absolute atomic E-state index is 13.7. The molecule has 7 rings (SSSR count). The number of alkyl halides is 3. The Kier molecular flexibility index (Phi) is 25.4. The molecule has 0 saturated carbocycles. The number of nitrogens with zero attached hydrogens (tertiary/aromatic N) is 6. The standard InChI is InChI=1S/C36H50Cl3N5O6.C31H43N5O4/c1-21(2)31(32(46)40-22(3)33(47)44-18-10-11-29(42-44)34(48)49-20-36(37,38)39)43(9)24(5)35(7,8)17-16-26-12-13-27-14-15-28(41-30(27)19-26)23(4)50-25(6)45;1-19(2)27-28(37)32-20(3)29(38)36-16-8-9-25(34-36)30(39)40-21(4)24-13-12-23-11-10-22(17-26(23)33-24)14-15-31(5,6)18-35(27)7/h12-17,19,21-24,29,31,42H,10-11,18,20H2,1-9H3,(H,40,46);10-15,17,19-21,25,27,34H,8-9,16,18H2,1-7H3,(H,32,37)/b17-16+;15-14+/t22-,23+,24?,29-,31-;20-,21+,25-,27-/m00/s1. The molecule has 492 valence electrons. The maximum atomic E-state index is 13.7. The third-order valence-corrected chi connectivity index (χ3v) is 17.1. The molecule has 0 spiro atoms. The van der Waals surface area contributed by atoms with Crippen molar-refractivity contribution in [3.05, 3.63) is 95.3 Å². The van der Waals surface area contributed by atoms with Crippen LogP contribution in [0.15, 0.2) is 72.8 Å². The van der Waals surface area contributed by atoms with Crippen LogP contribution >= 0.6 is 34.8 Å². The number of ether oxygens (including phenoxy) is 3. The van der Waals surface area contributed by atoms with E-state index in [1.54, 1.807) is 27.7 Å². The largest absolute Gasteiger partial charge is 0.460 e. The summed E-state index contributed by atoms with van der Waals surface area (Å²) in [5, 5.41) is 10.6. The molecule has 3 aliphatic rings. The van der Waals surface area contributed by atoms with Crippen molar-refractivity contribution in [2.75, 3.05) is 40.3 Å². The third-order valence-electron chi connectivity index (χ3n) is 16.7. The van der Waals surface area contributed by atoms with E-state index in [1.807, 2.05) is 107 Å². The number of esters is 3. The Morgan fingerprint density at radius 2 is 1.52 bits per heavy atom. The number of cyclic esters (lactones) is 1. The van der Waals surface area contributed by atoms with E-state index >= 15 is 0 Å². The van der Waals surface area contributed by atoms with Crippen molar-refractivity contribution in [1.29, 1.82) is 0 Å². The second-order valence-electron chi connectivity index (χ2n) is 26.1. The lowest BCUT2D eigenvalue weighted by molar-refractivity contribution is -0.157. The van der Waals surface area contributed by atoms with Crippen LogP contribution < -0.4 is 21.5 Å². The lowest BCUT2D eigenvalue weighted by Crippen LogP contribution is -2.61. The number of hydrogen-bond donors (Lipinski definition) is 4. The summed E-state index contributed by atoms with van der Waals surface area (Å²) < 4.78 is 14.4. The highest BCUT2D eigenvalue weighted by Gasteiger charge is 2.39. The van der Waals surface area contributed by atoms with E-state index in [-0.39, 0.29) is 58.3 Å². The topological polar surface area (TPSA) is 234 Å². The van der Waals surface area contributed by atoms with Crippen LogP contribution in [0.1, 0.15) is 157 Å². The molecule has 9 atom stereocenters. The molecule has 5 heterocycles. The highest BCUT2D eigenvalue weighted by atomic mass is 35.6. The monoisotopic (exact) mass is 1300 g/mol. The van der Waals surface area contributed by atoms with Crippen LogP contribution in [0.25, 0.3) is 34.0 Å². The van der Waals surface area contributed by atoms with Gasteiger partial charge in [-0.05, 0) is 132 Å². The average Bonchev–Trinajstić information content (AvgIpc) is 1.19. The summed E-state index contributed by atoms with van der Waals surface area (Å²) in [6.07, 6.45) is 9.59. The number of nitrogens with one attached hydrogen (secondary N) is 4. The van der Waals surface area contributed by atoms with Crippen LogP contribution in [-0.2, 0) is 47.8 Å². The number of aromatic nitrogens is 2. The van der Waals surface area contributed by atoms with E-state index in [4.69, 9.17) is 59.0 Å². The summed E-state index contributed by atoms with van der Waals surface area (Å²) in [7, 11) is 3.87. The minimum absolute atomic E-state index is 0.0312. The molecular formula is C67H93Cl3N10O10. The van der Waals surface area contributed by atoms with Crippen molar-refractivity contribution in [2.24, 2.45) is 22.7 Å². The Labute approximate surface area is 545 Å². The molecule has 0 aliphatic carbocycles. The van der Waals surface area contributed by atoms with Gasteiger partial charge in [-0.15, -0.1) is 0 Å². The maximum Gasteiger partial charge on any atom is 0.325 e. The van der Waals surface area contributed by atoms with E-state index in [1.165, 1.54) is 16.9 Å². The average molecular weight is 1300 g/mol. The summed E-state index contributed by atoms with van der Waals surface area (Å²) in [5.41, 5.74) is 10.3. The van der Waals surface area contributed by atoms with Gasteiger partial charge in [0.05, 0.1) is 34.5 Å². The zero-order valence-corrected chi connectivity index (χ0v) is 57.3. The van der Waals surface area contributed by atoms with E-state index in [0.717, 1.165) is 32.9 Å². The lowest BCUT2D eigenvalue weighted by Gasteiger charge is -2.42. The van der Waals surface area contributed by atoms with Gasteiger partial charge in [0, 0.05) is 43.4 Å². The molecule has 4 aromatic rings. The fourth-order valence-electron chi connectivity index (χ4n) is 11.6. The Morgan fingerprint density at radius 3 is 2.18 bits per heavy atom. The van der Waals surface area contributed by atoms with Gasteiger partial charge >= 0.3 is 17.9 Å². The Morgan fingerprint density at radius 1 is 0.878 bits per heavy atom. The fourth-order valence-corrected chi connectivity index (χ4v) is 11.7. The zero-order valence-electron chi connectivity index (χ0n) is 55.0. The number of hydrazine groups is 2. The van der Waals surface area contributed by atoms with Crippen molar-refractivity contribution >= 4 is 110 Å². The van der Waals surface area contributed by atoms with Crippen LogP contribution in [0.4, 0.5) is 0 Å². The van der Waals surface area contributed by atoms with Crippen LogP contribution in [0.3, 0.4) is 0 Å². The fraction of sp³-hybridized carbons (Fsp3) is 0.567. The van der Waals surface area contributed by atoms with E-state index < -0.39 is 70.8 Å². The van der Waals surface area contributed by atoms with Gasteiger partial charge in [-0.3, -0.25) is 53.4 Å². The van der Waals surface area contributed by atoms with Gasteiger partial charge in [0.1, 0.15) is 43.0 Å². The number of carbonyl (C=O) groups excluding carboxylic acids is 7. The Hall–Kier alpha value is -6.26. The molecule has 0 radical (unpaired) electrons. The Bertz CT molecular complexity index is 3280. The molecule has 2 fully saturated rings. The number of carbonyl (C=O) groups is 7. The first kappa shape index (κ1) is 72.8. The summed E-state index contributed by atoms with van der Waals surface area (Å²) in [5.74, 6) is -2.59. The molecule has 5 bridgehead atoms. The molecular weight excluding hydrogens is 1210 g/mol. The van der Waals surface area contributed by atoms with Crippen molar-refractivity contribution in [2.45, 2.75) is 181 Å².